The zero-order chi connectivity index (χ0) is 10.6. The van der Waals surface area contributed by atoms with Crippen molar-refractivity contribution < 1.29 is 9.90 Å². The smallest absolute Gasteiger partial charge is 0.307 e. The molecule has 1 saturated carbocycles. The van der Waals surface area contributed by atoms with E-state index in [9.17, 15) is 9.59 Å². The molecule has 0 bridgehead atoms. The summed E-state index contributed by atoms with van der Waals surface area (Å²) >= 11 is 0. The Hall–Kier alpha value is -1.58. The Morgan fingerprint density at radius 1 is 1.60 bits per heavy atom. The molecule has 2 aliphatic carbocycles. The van der Waals surface area contributed by atoms with Gasteiger partial charge in [0.15, 0.2) is 0 Å². The van der Waals surface area contributed by atoms with Crippen molar-refractivity contribution in [2.45, 2.75) is 24.7 Å². The largest absolute Gasteiger partial charge is 0.481 e. The van der Waals surface area contributed by atoms with Crippen molar-refractivity contribution in [3.05, 3.63) is 33.7 Å². The third-order valence-electron chi connectivity index (χ3n) is 3.76. The van der Waals surface area contributed by atoms with Gasteiger partial charge in [-0.25, -0.2) is 0 Å². The standard InChI is InChI=1S/C11H11NO3/c13-9-3-7-6(5-12-9)1-2-11(7)4-8(11)10(14)15/h3,5,8H,1-2,4H2,(H,12,13)(H,14,15). The lowest BCUT2D eigenvalue weighted by Crippen LogP contribution is -2.14. The Labute approximate surface area is 85.9 Å². The van der Waals surface area contributed by atoms with Crippen LogP contribution in [0.15, 0.2) is 17.1 Å². The molecule has 4 nitrogen and oxygen atoms in total. The number of fused-ring (bicyclic) bond motifs is 2. The maximum atomic E-state index is 11.2. The normalized spacial score (nSPS) is 31.6. The molecule has 0 amide bonds. The number of H-pyrrole nitrogens is 1. The van der Waals surface area contributed by atoms with E-state index in [4.69, 9.17) is 5.11 Å². The van der Waals surface area contributed by atoms with Crippen LogP contribution in [-0.2, 0) is 16.6 Å². The molecular formula is C11H11NO3. The number of rotatable bonds is 1. The average molecular weight is 205 g/mol. The first-order valence-corrected chi connectivity index (χ1v) is 5.08. The molecule has 2 aliphatic rings. The minimum Gasteiger partial charge on any atom is -0.481 e. The van der Waals surface area contributed by atoms with Crippen molar-refractivity contribution >= 4 is 5.97 Å². The van der Waals surface area contributed by atoms with Crippen molar-refractivity contribution in [3.63, 3.8) is 0 Å². The SMILES string of the molecule is O=C(O)C1CC12CCc1c[nH]c(=O)cc12. The zero-order valence-electron chi connectivity index (χ0n) is 8.12. The third kappa shape index (κ3) is 1.02. The fourth-order valence-electron chi connectivity index (χ4n) is 2.87. The van der Waals surface area contributed by atoms with E-state index in [0.29, 0.717) is 6.42 Å². The summed E-state index contributed by atoms with van der Waals surface area (Å²) in [5.74, 6) is -1.01. The molecule has 2 atom stereocenters. The maximum absolute atomic E-state index is 11.2. The van der Waals surface area contributed by atoms with Crippen LogP contribution in [0.5, 0.6) is 0 Å². The van der Waals surface area contributed by atoms with Crippen LogP contribution >= 0.6 is 0 Å². The number of carboxylic acid groups (broad SMARTS) is 1. The van der Waals surface area contributed by atoms with Crippen LogP contribution < -0.4 is 5.56 Å². The quantitative estimate of drug-likeness (QED) is 0.707. The number of carbonyl (C=O) groups is 1. The molecule has 1 spiro atoms. The Balaban J connectivity index is 2.10. The van der Waals surface area contributed by atoms with Crippen LogP contribution in [0.1, 0.15) is 24.0 Å². The van der Waals surface area contributed by atoms with E-state index in [2.05, 4.69) is 4.98 Å². The molecule has 1 aromatic heterocycles. The Morgan fingerprint density at radius 3 is 3.07 bits per heavy atom. The number of aromatic amines is 1. The Kier molecular flexibility index (Phi) is 1.45. The molecule has 0 aromatic carbocycles. The predicted molar refractivity (Wildman–Crippen MR) is 52.8 cm³/mol. The van der Waals surface area contributed by atoms with Gasteiger partial charge in [0.05, 0.1) is 5.92 Å². The summed E-state index contributed by atoms with van der Waals surface area (Å²) in [6.45, 7) is 0. The third-order valence-corrected chi connectivity index (χ3v) is 3.76. The first kappa shape index (κ1) is 8.71. The number of carboxylic acids is 1. The van der Waals surface area contributed by atoms with Crippen molar-refractivity contribution in [3.8, 4) is 0 Å². The molecule has 2 N–H and O–H groups in total. The molecule has 0 radical (unpaired) electrons. The van der Waals surface area contributed by atoms with Gasteiger partial charge in [0, 0.05) is 17.7 Å². The Morgan fingerprint density at radius 2 is 2.40 bits per heavy atom. The van der Waals surface area contributed by atoms with E-state index >= 15 is 0 Å². The highest BCUT2D eigenvalue weighted by atomic mass is 16.4. The van der Waals surface area contributed by atoms with Crippen molar-refractivity contribution in [2.75, 3.05) is 0 Å². The van der Waals surface area contributed by atoms with Gasteiger partial charge in [-0.15, -0.1) is 0 Å². The number of aromatic nitrogens is 1. The molecule has 1 heterocycles. The molecule has 1 fully saturated rings. The fraction of sp³-hybridized carbons (Fsp3) is 0.455. The molecule has 15 heavy (non-hydrogen) atoms. The number of nitrogens with one attached hydrogen (secondary N) is 1. The minimum absolute atomic E-state index is 0.133. The van der Waals surface area contributed by atoms with E-state index < -0.39 is 5.97 Å². The van der Waals surface area contributed by atoms with Gasteiger partial charge in [0.25, 0.3) is 0 Å². The molecule has 0 aliphatic heterocycles. The van der Waals surface area contributed by atoms with Crippen molar-refractivity contribution in [1.82, 2.24) is 4.98 Å². The van der Waals surface area contributed by atoms with Gasteiger partial charge in [-0.1, -0.05) is 0 Å². The van der Waals surface area contributed by atoms with E-state index in [1.165, 1.54) is 0 Å². The summed E-state index contributed by atoms with van der Waals surface area (Å²) in [6, 6.07) is 1.57. The lowest BCUT2D eigenvalue weighted by molar-refractivity contribution is -0.139. The van der Waals surface area contributed by atoms with Gasteiger partial charge in [-0.3, -0.25) is 9.59 Å². The van der Waals surface area contributed by atoms with E-state index in [1.807, 2.05) is 0 Å². The van der Waals surface area contributed by atoms with E-state index in [-0.39, 0.29) is 16.9 Å². The molecular weight excluding hydrogens is 194 g/mol. The van der Waals surface area contributed by atoms with Gasteiger partial charge in [0.2, 0.25) is 5.56 Å². The molecule has 78 valence electrons. The van der Waals surface area contributed by atoms with Gasteiger partial charge >= 0.3 is 5.97 Å². The number of hydrogen-bond acceptors (Lipinski definition) is 2. The second-order valence-electron chi connectivity index (χ2n) is 4.49. The predicted octanol–water partition coefficient (Wildman–Crippen LogP) is 0.663. The van der Waals surface area contributed by atoms with Crippen LogP contribution in [0.25, 0.3) is 0 Å². The Bertz CT molecular complexity index is 505. The van der Waals surface area contributed by atoms with Crippen LogP contribution in [0.2, 0.25) is 0 Å². The highest BCUT2D eigenvalue weighted by molar-refractivity contribution is 5.78. The monoisotopic (exact) mass is 205 g/mol. The molecule has 1 aromatic rings. The van der Waals surface area contributed by atoms with Crippen LogP contribution in [0.4, 0.5) is 0 Å². The summed E-state index contributed by atoms with van der Waals surface area (Å²) < 4.78 is 0. The molecule has 3 rings (SSSR count). The zero-order valence-corrected chi connectivity index (χ0v) is 8.12. The summed E-state index contributed by atoms with van der Waals surface area (Å²) in [7, 11) is 0. The minimum atomic E-state index is -0.733. The lowest BCUT2D eigenvalue weighted by Gasteiger charge is -2.08. The highest BCUT2D eigenvalue weighted by Gasteiger charge is 2.61. The number of aliphatic carboxylic acids is 1. The van der Waals surface area contributed by atoms with Crippen LogP contribution in [0, 0.1) is 5.92 Å². The number of aryl methyl sites for hydroxylation is 1. The van der Waals surface area contributed by atoms with Gasteiger partial charge in [0.1, 0.15) is 0 Å². The number of hydrogen-bond donors (Lipinski definition) is 2. The summed E-state index contributed by atoms with van der Waals surface area (Å²) in [4.78, 5) is 24.8. The molecule has 0 saturated heterocycles. The lowest BCUT2D eigenvalue weighted by atomic mass is 9.96. The summed E-state index contributed by atoms with van der Waals surface area (Å²) in [5.41, 5.74) is 1.73. The van der Waals surface area contributed by atoms with Crippen molar-refractivity contribution in [2.24, 2.45) is 5.92 Å². The topological polar surface area (TPSA) is 70.2 Å². The summed E-state index contributed by atoms with van der Waals surface area (Å²) in [6.07, 6.45) is 4.18. The second-order valence-corrected chi connectivity index (χ2v) is 4.49. The van der Waals surface area contributed by atoms with Gasteiger partial charge in [-0.05, 0) is 30.4 Å². The van der Waals surface area contributed by atoms with E-state index in [0.717, 1.165) is 24.0 Å². The number of pyridine rings is 1. The fourth-order valence-corrected chi connectivity index (χ4v) is 2.87. The summed E-state index contributed by atoms with van der Waals surface area (Å²) in [5, 5.41) is 8.99. The molecule has 4 heteroatoms. The van der Waals surface area contributed by atoms with Crippen LogP contribution in [0.3, 0.4) is 0 Å². The van der Waals surface area contributed by atoms with Gasteiger partial charge < -0.3 is 10.1 Å². The van der Waals surface area contributed by atoms with Crippen LogP contribution in [-0.4, -0.2) is 16.1 Å². The second kappa shape index (κ2) is 2.51. The van der Waals surface area contributed by atoms with Crippen molar-refractivity contribution in [1.29, 1.82) is 0 Å². The molecule has 2 unspecified atom stereocenters. The highest BCUT2D eigenvalue weighted by Crippen LogP contribution is 2.61. The average Bonchev–Trinajstić information content (AvgIpc) is 2.81. The van der Waals surface area contributed by atoms with Gasteiger partial charge in [-0.2, -0.15) is 0 Å². The van der Waals surface area contributed by atoms with E-state index in [1.54, 1.807) is 12.3 Å². The first-order chi connectivity index (χ1) is 7.13. The first-order valence-electron chi connectivity index (χ1n) is 5.08. The maximum Gasteiger partial charge on any atom is 0.307 e.